The third-order valence-electron chi connectivity index (χ3n) is 2.94. The predicted molar refractivity (Wildman–Crippen MR) is 70.0 cm³/mol. The van der Waals surface area contributed by atoms with E-state index in [1.54, 1.807) is 10.9 Å². The molecular formula is C11H17ClN6. The Morgan fingerprint density at radius 1 is 1.56 bits per heavy atom. The van der Waals surface area contributed by atoms with Crippen molar-refractivity contribution in [1.82, 2.24) is 25.0 Å². The van der Waals surface area contributed by atoms with Gasteiger partial charge in [-0.3, -0.25) is 15.2 Å². The van der Waals surface area contributed by atoms with Gasteiger partial charge in [-0.05, 0) is 13.8 Å². The van der Waals surface area contributed by atoms with E-state index in [0.29, 0.717) is 5.02 Å². The molecule has 0 radical (unpaired) electrons. The molecule has 7 heteroatoms. The number of hydrogen-bond acceptors (Lipinski definition) is 4. The van der Waals surface area contributed by atoms with Gasteiger partial charge >= 0.3 is 0 Å². The minimum Gasteiger partial charge on any atom is -0.275 e. The first-order valence-corrected chi connectivity index (χ1v) is 6.13. The third-order valence-corrected chi connectivity index (χ3v) is 3.23. The molecule has 0 saturated heterocycles. The van der Waals surface area contributed by atoms with Gasteiger partial charge in [0.2, 0.25) is 0 Å². The van der Waals surface area contributed by atoms with Crippen LogP contribution in [0.2, 0.25) is 5.02 Å². The number of aryl methyl sites for hydroxylation is 3. The number of halogens is 1. The van der Waals surface area contributed by atoms with Gasteiger partial charge in [0.05, 0.1) is 28.6 Å². The van der Waals surface area contributed by atoms with E-state index in [0.717, 1.165) is 23.5 Å². The zero-order valence-corrected chi connectivity index (χ0v) is 11.4. The molecule has 98 valence electrons. The lowest BCUT2D eigenvalue weighted by atomic mass is 10.1. The van der Waals surface area contributed by atoms with E-state index in [2.05, 4.69) is 15.6 Å². The molecule has 0 fully saturated rings. The van der Waals surface area contributed by atoms with Gasteiger partial charge in [-0.1, -0.05) is 11.6 Å². The maximum Gasteiger partial charge on any atom is 0.0926 e. The fourth-order valence-corrected chi connectivity index (χ4v) is 2.38. The second-order valence-electron chi connectivity index (χ2n) is 4.14. The molecule has 2 heterocycles. The average Bonchev–Trinajstić information content (AvgIpc) is 2.85. The molecule has 2 aromatic heterocycles. The van der Waals surface area contributed by atoms with Crippen LogP contribution in [0.15, 0.2) is 12.4 Å². The van der Waals surface area contributed by atoms with Crippen LogP contribution in [-0.2, 0) is 13.6 Å². The molecular weight excluding hydrogens is 252 g/mol. The van der Waals surface area contributed by atoms with Crippen molar-refractivity contribution in [3.63, 3.8) is 0 Å². The van der Waals surface area contributed by atoms with Gasteiger partial charge in [0.15, 0.2) is 0 Å². The summed E-state index contributed by atoms with van der Waals surface area (Å²) < 4.78 is 3.59. The lowest BCUT2D eigenvalue weighted by Gasteiger charge is -2.17. The van der Waals surface area contributed by atoms with Crippen molar-refractivity contribution in [2.24, 2.45) is 12.9 Å². The number of aromatic nitrogens is 4. The smallest absolute Gasteiger partial charge is 0.0926 e. The van der Waals surface area contributed by atoms with Crippen molar-refractivity contribution in [1.29, 1.82) is 0 Å². The summed E-state index contributed by atoms with van der Waals surface area (Å²) in [4.78, 5) is 0. The quantitative estimate of drug-likeness (QED) is 0.644. The van der Waals surface area contributed by atoms with E-state index in [-0.39, 0.29) is 6.04 Å². The summed E-state index contributed by atoms with van der Waals surface area (Å²) in [7, 11) is 1.88. The highest BCUT2D eigenvalue weighted by Gasteiger charge is 2.23. The molecule has 0 aliphatic carbocycles. The fourth-order valence-electron chi connectivity index (χ4n) is 2.13. The summed E-state index contributed by atoms with van der Waals surface area (Å²) in [5.74, 6) is 5.68. The Labute approximate surface area is 111 Å². The van der Waals surface area contributed by atoms with Crippen molar-refractivity contribution >= 4 is 11.6 Å². The van der Waals surface area contributed by atoms with Crippen molar-refractivity contribution in [3.05, 3.63) is 34.4 Å². The number of nitrogens with two attached hydrogens (primary N) is 1. The molecule has 0 aromatic carbocycles. The van der Waals surface area contributed by atoms with Crippen molar-refractivity contribution in [2.45, 2.75) is 26.4 Å². The SMILES string of the molecule is CCn1ncc(Cl)c1C(NN)c1cn(C)nc1C. The molecule has 3 N–H and O–H groups in total. The van der Waals surface area contributed by atoms with Crippen LogP contribution in [0, 0.1) is 6.92 Å². The Balaban J connectivity index is 2.51. The van der Waals surface area contributed by atoms with Gasteiger partial charge < -0.3 is 0 Å². The molecule has 18 heavy (non-hydrogen) atoms. The molecule has 2 rings (SSSR count). The van der Waals surface area contributed by atoms with Crippen LogP contribution in [0.3, 0.4) is 0 Å². The number of hydrogen-bond donors (Lipinski definition) is 2. The van der Waals surface area contributed by atoms with Gasteiger partial charge in [0.1, 0.15) is 0 Å². The van der Waals surface area contributed by atoms with Crippen molar-refractivity contribution in [3.8, 4) is 0 Å². The molecule has 0 aliphatic heterocycles. The summed E-state index contributed by atoms with van der Waals surface area (Å²) in [5.41, 5.74) is 5.57. The fraction of sp³-hybridized carbons (Fsp3) is 0.455. The molecule has 1 atom stereocenters. The highest BCUT2D eigenvalue weighted by Crippen LogP contribution is 2.29. The zero-order valence-electron chi connectivity index (χ0n) is 10.7. The lowest BCUT2D eigenvalue weighted by molar-refractivity contribution is 0.542. The number of nitrogens with zero attached hydrogens (tertiary/aromatic N) is 4. The molecule has 1 unspecified atom stereocenters. The summed E-state index contributed by atoms with van der Waals surface area (Å²) in [6.07, 6.45) is 3.57. The first-order chi connectivity index (χ1) is 8.58. The summed E-state index contributed by atoms with van der Waals surface area (Å²) in [6, 6.07) is -0.214. The first-order valence-electron chi connectivity index (χ1n) is 5.76. The second kappa shape index (κ2) is 5.09. The normalized spacial score (nSPS) is 12.9. The van der Waals surface area contributed by atoms with E-state index >= 15 is 0 Å². The maximum atomic E-state index is 6.20. The van der Waals surface area contributed by atoms with E-state index < -0.39 is 0 Å². The second-order valence-corrected chi connectivity index (χ2v) is 4.54. The Bertz CT molecular complexity index is 544. The Hall–Kier alpha value is -1.37. The monoisotopic (exact) mass is 268 g/mol. The van der Waals surface area contributed by atoms with E-state index in [9.17, 15) is 0 Å². The van der Waals surface area contributed by atoms with Crippen molar-refractivity contribution < 1.29 is 0 Å². The molecule has 0 bridgehead atoms. The van der Waals surface area contributed by atoms with Gasteiger partial charge in [0, 0.05) is 25.4 Å². The minimum atomic E-state index is -0.214. The van der Waals surface area contributed by atoms with Crippen molar-refractivity contribution in [2.75, 3.05) is 0 Å². The zero-order chi connectivity index (χ0) is 13.3. The standard InChI is InChI=1S/C11H17ClN6/c1-4-18-11(9(12)5-14-18)10(15-13)8-6-17(3)16-7(8)2/h5-6,10,15H,4,13H2,1-3H3. The van der Waals surface area contributed by atoms with Gasteiger partial charge in [-0.2, -0.15) is 10.2 Å². The van der Waals surface area contributed by atoms with Crippen LogP contribution in [0.25, 0.3) is 0 Å². The Morgan fingerprint density at radius 3 is 2.78 bits per heavy atom. The topological polar surface area (TPSA) is 73.7 Å². The maximum absolute atomic E-state index is 6.20. The van der Waals surface area contributed by atoms with Gasteiger partial charge in [-0.15, -0.1) is 0 Å². The third kappa shape index (κ3) is 2.14. The van der Waals surface area contributed by atoms with Crippen LogP contribution in [0.5, 0.6) is 0 Å². The Morgan fingerprint density at radius 2 is 2.28 bits per heavy atom. The summed E-state index contributed by atoms with van der Waals surface area (Å²) in [5, 5.41) is 9.15. The number of rotatable bonds is 4. The van der Waals surface area contributed by atoms with E-state index in [1.807, 2.05) is 31.8 Å². The predicted octanol–water partition coefficient (Wildman–Crippen LogP) is 1.15. The van der Waals surface area contributed by atoms with E-state index in [1.165, 1.54) is 0 Å². The number of nitrogens with one attached hydrogen (secondary N) is 1. The van der Waals surface area contributed by atoms with E-state index in [4.69, 9.17) is 17.4 Å². The minimum absolute atomic E-state index is 0.214. The molecule has 2 aromatic rings. The molecule has 0 aliphatic rings. The molecule has 6 nitrogen and oxygen atoms in total. The summed E-state index contributed by atoms with van der Waals surface area (Å²) >= 11 is 6.20. The average molecular weight is 269 g/mol. The van der Waals surface area contributed by atoms with Crippen LogP contribution in [-0.4, -0.2) is 19.6 Å². The van der Waals surface area contributed by atoms with Crippen LogP contribution in [0.1, 0.15) is 29.9 Å². The largest absolute Gasteiger partial charge is 0.275 e. The van der Waals surface area contributed by atoms with Crippen LogP contribution in [0.4, 0.5) is 0 Å². The molecule has 0 amide bonds. The highest BCUT2D eigenvalue weighted by atomic mass is 35.5. The Kier molecular flexibility index (Phi) is 3.70. The summed E-state index contributed by atoms with van der Waals surface area (Å²) in [6.45, 7) is 4.69. The van der Waals surface area contributed by atoms with Crippen LogP contribution >= 0.6 is 11.6 Å². The number of hydrazine groups is 1. The van der Waals surface area contributed by atoms with Gasteiger partial charge in [0.25, 0.3) is 0 Å². The van der Waals surface area contributed by atoms with Gasteiger partial charge in [-0.25, -0.2) is 5.43 Å². The van der Waals surface area contributed by atoms with Crippen LogP contribution < -0.4 is 11.3 Å². The molecule has 0 spiro atoms. The lowest BCUT2D eigenvalue weighted by Crippen LogP contribution is -2.31. The highest BCUT2D eigenvalue weighted by molar-refractivity contribution is 6.31. The first kappa shape index (κ1) is 13.1. The molecule has 0 saturated carbocycles.